The second-order valence-electron chi connectivity index (χ2n) is 4.70. The second kappa shape index (κ2) is 7.51. The Hall–Kier alpha value is -2.73. The Morgan fingerprint density at radius 1 is 1.00 bits per heavy atom. The molecule has 6 heteroatoms. The molecule has 0 fully saturated rings. The van der Waals surface area contributed by atoms with Crippen molar-refractivity contribution in [3.8, 4) is 11.3 Å². The predicted octanol–water partition coefficient (Wildman–Crippen LogP) is 3.27. The molecule has 0 bridgehead atoms. The number of nitrogens with one attached hydrogen (secondary N) is 1. The maximum atomic E-state index is 11.9. The third-order valence-corrected chi connectivity index (χ3v) is 3.93. The van der Waals surface area contributed by atoms with Crippen LogP contribution in [0.15, 0.2) is 72.0 Å². The lowest BCUT2D eigenvalue weighted by Crippen LogP contribution is -2.14. The summed E-state index contributed by atoms with van der Waals surface area (Å²) in [5.41, 5.74) is 2.52. The minimum absolute atomic E-state index is 0.100. The molecule has 2 aromatic heterocycles. The number of thioether (sulfide) groups is 1. The lowest BCUT2D eigenvalue weighted by atomic mass is 10.1. The van der Waals surface area contributed by atoms with Crippen LogP contribution >= 0.6 is 11.8 Å². The van der Waals surface area contributed by atoms with Crippen LogP contribution in [0.25, 0.3) is 11.3 Å². The number of pyridine rings is 1. The van der Waals surface area contributed by atoms with E-state index in [1.165, 1.54) is 11.8 Å². The van der Waals surface area contributed by atoms with Crippen LogP contribution in [0, 0.1) is 0 Å². The van der Waals surface area contributed by atoms with Gasteiger partial charge < -0.3 is 5.32 Å². The zero-order valence-corrected chi connectivity index (χ0v) is 13.0. The van der Waals surface area contributed by atoms with Crippen molar-refractivity contribution in [2.24, 2.45) is 0 Å². The number of hydrogen-bond donors (Lipinski definition) is 1. The van der Waals surface area contributed by atoms with Crippen LogP contribution in [0.2, 0.25) is 0 Å². The van der Waals surface area contributed by atoms with E-state index in [0.717, 1.165) is 11.3 Å². The molecular formula is C17H14N4OS. The number of amides is 1. The van der Waals surface area contributed by atoms with Crippen molar-refractivity contribution < 1.29 is 4.79 Å². The van der Waals surface area contributed by atoms with Crippen molar-refractivity contribution in [2.45, 2.75) is 5.03 Å². The largest absolute Gasteiger partial charge is 0.324 e. The summed E-state index contributed by atoms with van der Waals surface area (Å²) in [5.74, 6) is 0.172. The molecule has 0 unspecified atom stereocenters. The van der Waals surface area contributed by atoms with Gasteiger partial charge in [-0.15, -0.1) is 10.2 Å². The number of nitrogens with zero attached hydrogens (tertiary/aromatic N) is 3. The molecule has 0 radical (unpaired) electrons. The average Bonchev–Trinajstić information content (AvgIpc) is 2.62. The molecule has 3 rings (SSSR count). The zero-order chi connectivity index (χ0) is 15.9. The van der Waals surface area contributed by atoms with E-state index in [0.29, 0.717) is 10.7 Å². The number of benzene rings is 1. The van der Waals surface area contributed by atoms with Crippen LogP contribution in [-0.2, 0) is 4.79 Å². The van der Waals surface area contributed by atoms with Gasteiger partial charge in [-0.1, -0.05) is 42.1 Å². The normalized spacial score (nSPS) is 10.3. The molecule has 0 atom stereocenters. The van der Waals surface area contributed by atoms with Crippen LogP contribution in [0.1, 0.15) is 0 Å². The Morgan fingerprint density at radius 3 is 2.57 bits per heavy atom. The summed E-state index contributed by atoms with van der Waals surface area (Å²) in [6.07, 6.45) is 3.27. The van der Waals surface area contributed by atoms with Crippen molar-refractivity contribution in [3.63, 3.8) is 0 Å². The number of hydrogen-bond acceptors (Lipinski definition) is 5. The van der Waals surface area contributed by atoms with Gasteiger partial charge in [-0.3, -0.25) is 9.78 Å². The van der Waals surface area contributed by atoms with Crippen LogP contribution < -0.4 is 5.32 Å². The molecule has 23 heavy (non-hydrogen) atoms. The van der Waals surface area contributed by atoms with Gasteiger partial charge in [-0.25, -0.2) is 0 Å². The predicted molar refractivity (Wildman–Crippen MR) is 91.1 cm³/mol. The van der Waals surface area contributed by atoms with Crippen molar-refractivity contribution >= 4 is 23.4 Å². The summed E-state index contributed by atoms with van der Waals surface area (Å²) in [4.78, 5) is 15.8. The average molecular weight is 322 g/mol. The fraction of sp³-hybridized carbons (Fsp3) is 0.0588. The first kappa shape index (κ1) is 15.2. The molecule has 5 nitrogen and oxygen atoms in total. The Balaban J connectivity index is 1.55. The fourth-order valence-electron chi connectivity index (χ4n) is 1.93. The van der Waals surface area contributed by atoms with Crippen molar-refractivity contribution in [3.05, 3.63) is 67.0 Å². The quantitative estimate of drug-likeness (QED) is 0.730. The first-order chi connectivity index (χ1) is 11.3. The van der Waals surface area contributed by atoms with E-state index in [1.54, 1.807) is 24.5 Å². The molecule has 0 saturated heterocycles. The molecule has 3 aromatic rings. The van der Waals surface area contributed by atoms with E-state index >= 15 is 0 Å². The number of aromatic nitrogens is 3. The summed E-state index contributed by atoms with van der Waals surface area (Å²) < 4.78 is 0. The smallest absolute Gasteiger partial charge is 0.234 e. The molecule has 114 valence electrons. The van der Waals surface area contributed by atoms with Crippen LogP contribution in [0.3, 0.4) is 0 Å². The highest BCUT2D eigenvalue weighted by Gasteiger charge is 2.06. The van der Waals surface area contributed by atoms with E-state index in [9.17, 15) is 4.79 Å². The van der Waals surface area contributed by atoms with Gasteiger partial charge in [0.25, 0.3) is 0 Å². The highest BCUT2D eigenvalue weighted by Crippen LogP contribution is 2.19. The maximum absolute atomic E-state index is 11.9. The van der Waals surface area contributed by atoms with E-state index in [1.807, 2.05) is 42.5 Å². The number of carbonyl (C=O) groups is 1. The third-order valence-electron chi connectivity index (χ3n) is 3.01. The van der Waals surface area contributed by atoms with E-state index in [-0.39, 0.29) is 11.7 Å². The van der Waals surface area contributed by atoms with Crippen molar-refractivity contribution in [1.82, 2.24) is 15.2 Å². The number of carbonyl (C=O) groups excluding carboxylic acids is 1. The molecule has 0 aliphatic carbocycles. The zero-order valence-electron chi connectivity index (χ0n) is 12.2. The highest BCUT2D eigenvalue weighted by molar-refractivity contribution is 7.99. The van der Waals surface area contributed by atoms with Crippen molar-refractivity contribution in [1.29, 1.82) is 0 Å². The lowest BCUT2D eigenvalue weighted by Gasteiger charge is -2.04. The van der Waals surface area contributed by atoms with Gasteiger partial charge in [0.1, 0.15) is 5.03 Å². The minimum atomic E-state index is -0.100. The molecule has 1 amide bonds. The van der Waals surface area contributed by atoms with E-state index < -0.39 is 0 Å². The Kier molecular flexibility index (Phi) is 4.95. The molecule has 1 N–H and O–H groups in total. The Morgan fingerprint density at radius 2 is 1.87 bits per heavy atom. The van der Waals surface area contributed by atoms with Crippen molar-refractivity contribution in [2.75, 3.05) is 11.1 Å². The highest BCUT2D eigenvalue weighted by atomic mass is 32.2. The van der Waals surface area contributed by atoms with Gasteiger partial charge in [-0.05, 0) is 24.3 Å². The first-order valence-corrected chi connectivity index (χ1v) is 8.02. The Bertz CT molecular complexity index is 764. The summed E-state index contributed by atoms with van der Waals surface area (Å²) in [5, 5.41) is 11.8. The summed E-state index contributed by atoms with van der Waals surface area (Å²) in [6, 6.07) is 17.2. The van der Waals surface area contributed by atoms with Gasteiger partial charge >= 0.3 is 0 Å². The third kappa shape index (κ3) is 4.37. The molecular weight excluding hydrogens is 308 g/mol. The second-order valence-corrected chi connectivity index (χ2v) is 5.70. The molecule has 0 aliphatic heterocycles. The summed E-state index contributed by atoms with van der Waals surface area (Å²) in [6.45, 7) is 0. The molecule has 1 aromatic carbocycles. The van der Waals surface area contributed by atoms with Gasteiger partial charge in [0.2, 0.25) is 5.91 Å². The van der Waals surface area contributed by atoms with E-state index in [4.69, 9.17) is 0 Å². The molecule has 0 aliphatic rings. The maximum Gasteiger partial charge on any atom is 0.234 e. The molecule has 0 spiro atoms. The van der Waals surface area contributed by atoms with Gasteiger partial charge in [0.15, 0.2) is 0 Å². The van der Waals surface area contributed by atoms with Gasteiger partial charge in [-0.2, -0.15) is 0 Å². The molecule has 0 saturated carbocycles. The topological polar surface area (TPSA) is 67.8 Å². The fourth-order valence-corrected chi connectivity index (χ4v) is 2.55. The Labute approximate surface area is 138 Å². The standard InChI is InChI=1S/C17H14N4OS/c22-16(19-14-7-4-10-18-11-14)12-23-17-9-8-15(20-21-17)13-5-2-1-3-6-13/h1-11H,12H2,(H,19,22). The van der Waals surface area contributed by atoms with Crippen LogP contribution in [0.4, 0.5) is 5.69 Å². The first-order valence-electron chi connectivity index (χ1n) is 7.03. The summed E-state index contributed by atoms with van der Waals surface area (Å²) in [7, 11) is 0. The van der Waals surface area contributed by atoms with E-state index in [2.05, 4.69) is 20.5 Å². The monoisotopic (exact) mass is 322 g/mol. The SMILES string of the molecule is O=C(CSc1ccc(-c2ccccc2)nn1)Nc1cccnc1. The number of rotatable bonds is 5. The lowest BCUT2D eigenvalue weighted by molar-refractivity contribution is -0.113. The van der Waals surface area contributed by atoms with Crippen LogP contribution in [0.5, 0.6) is 0 Å². The molecule has 2 heterocycles. The summed E-state index contributed by atoms with van der Waals surface area (Å²) >= 11 is 1.35. The van der Waals surface area contributed by atoms with Gasteiger partial charge in [0.05, 0.1) is 23.3 Å². The van der Waals surface area contributed by atoms with Crippen LogP contribution in [-0.4, -0.2) is 26.8 Å². The minimum Gasteiger partial charge on any atom is -0.324 e. The van der Waals surface area contributed by atoms with Gasteiger partial charge in [0, 0.05) is 11.8 Å². The number of anilines is 1.